The van der Waals surface area contributed by atoms with Crippen molar-refractivity contribution in [1.29, 1.82) is 0 Å². The molecule has 1 aromatic heterocycles. The first-order chi connectivity index (χ1) is 8.08. The van der Waals surface area contributed by atoms with Gasteiger partial charge < -0.3 is 10.3 Å². The van der Waals surface area contributed by atoms with Gasteiger partial charge in [-0.2, -0.15) is 0 Å². The molecular weight excluding hydrogens is 218 g/mol. The largest absolute Gasteiger partial charge is 0.398 e. The second kappa shape index (κ2) is 4.29. The molecule has 0 radical (unpaired) electrons. The molecule has 0 saturated carbocycles. The fraction of sp³-hybridized carbons (Fsp3) is 0.167. The summed E-state index contributed by atoms with van der Waals surface area (Å²) in [4.78, 5) is 12.0. The summed E-state index contributed by atoms with van der Waals surface area (Å²) in [6, 6.07) is 6.97. The molecule has 1 heterocycles. The summed E-state index contributed by atoms with van der Waals surface area (Å²) in [5.74, 6) is 0.0203. The van der Waals surface area contributed by atoms with Crippen molar-refractivity contribution in [1.82, 2.24) is 5.16 Å². The van der Waals surface area contributed by atoms with Gasteiger partial charge in [0.15, 0.2) is 0 Å². The van der Waals surface area contributed by atoms with Crippen molar-refractivity contribution in [2.45, 2.75) is 13.8 Å². The first kappa shape index (κ1) is 11.2. The van der Waals surface area contributed by atoms with Gasteiger partial charge >= 0.3 is 0 Å². The zero-order chi connectivity index (χ0) is 12.4. The maximum atomic E-state index is 12.0. The van der Waals surface area contributed by atoms with E-state index in [1.54, 1.807) is 25.1 Å². The molecule has 3 N–H and O–H groups in total. The lowest BCUT2D eigenvalue weighted by molar-refractivity contribution is 0.102. The fourth-order valence-electron chi connectivity index (χ4n) is 1.60. The Balaban J connectivity index is 2.26. The van der Waals surface area contributed by atoms with Crippen LogP contribution in [0.3, 0.4) is 0 Å². The Hall–Kier alpha value is -2.30. The van der Waals surface area contributed by atoms with Gasteiger partial charge in [-0.05, 0) is 25.5 Å². The molecule has 0 fully saturated rings. The number of anilines is 2. The zero-order valence-corrected chi connectivity index (χ0v) is 9.65. The lowest BCUT2D eigenvalue weighted by atomic mass is 10.1. The third kappa shape index (κ3) is 2.28. The van der Waals surface area contributed by atoms with E-state index in [9.17, 15) is 4.79 Å². The van der Waals surface area contributed by atoms with E-state index >= 15 is 0 Å². The van der Waals surface area contributed by atoms with Gasteiger partial charge in [0.25, 0.3) is 5.91 Å². The van der Waals surface area contributed by atoms with Crippen LogP contribution in [0, 0.1) is 13.8 Å². The number of carbonyl (C=O) groups excluding carboxylic acids is 1. The molecule has 0 aliphatic carbocycles. The first-order valence-corrected chi connectivity index (χ1v) is 5.17. The average molecular weight is 231 g/mol. The summed E-state index contributed by atoms with van der Waals surface area (Å²) >= 11 is 0. The minimum absolute atomic E-state index is 0.295. The molecular formula is C12H13N3O2. The maximum absolute atomic E-state index is 12.0. The second-order valence-corrected chi connectivity index (χ2v) is 3.83. The van der Waals surface area contributed by atoms with Crippen LogP contribution in [0.25, 0.3) is 0 Å². The number of benzene rings is 1. The minimum atomic E-state index is -0.295. The Morgan fingerprint density at radius 1 is 1.41 bits per heavy atom. The summed E-state index contributed by atoms with van der Waals surface area (Å²) in [5, 5.41) is 6.30. The number of nitrogens with one attached hydrogen (secondary N) is 1. The molecule has 88 valence electrons. The molecule has 0 unspecified atom stereocenters. The molecule has 2 rings (SSSR count). The highest BCUT2D eigenvalue weighted by molar-refractivity contribution is 6.08. The number of amides is 1. The van der Waals surface area contributed by atoms with E-state index in [4.69, 9.17) is 10.3 Å². The monoisotopic (exact) mass is 231 g/mol. The Morgan fingerprint density at radius 3 is 2.76 bits per heavy atom. The van der Waals surface area contributed by atoms with E-state index in [0.717, 1.165) is 5.56 Å². The highest BCUT2D eigenvalue weighted by Gasteiger charge is 2.14. The van der Waals surface area contributed by atoms with Gasteiger partial charge in [0.1, 0.15) is 0 Å². The molecule has 5 heteroatoms. The maximum Gasteiger partial charge on any atom is 0.260 e. The second-order valence-electron chi connectivity index (χ2n) is 3.83. The quantitative estimate of drug-likeness (QED) is 0.776. The molecule has 1 amide bonds. The van der Waals surface area contributed by atoms with Crippen LogP contribution < -0.4 is 11.1 Å². The molecule has 0 aliphatic rings. The molecule has 0 spiro atoms. The van der Waals surface area contributed by atoms with E-state index in [0.29, 0.717) is 22.8 Å². The van der Waals surface area contributed by atoms with Crippen LogP contribution in [0.5, 0.6) is 0 Å². The third-order valence-corrected chi connectivity index (χ3v) is 2.40. The third-order valence-electron chi connectivity index (χ3n) is 2.40. The van der Waals surface area contributed by atoms with Crippen molar-refractivity contribution < 1.29 is 9.32 Å². The van der Waals surface area contributed by atoms with Gasteiger partial charge in [-0.25, -0.2) is 0 Å². The predicted octanol–water partition coefficient (Wildman–Crippen LogP) is 2.13. The summed E-state index contributed by atoms with van der Waals surface area (Å²) < 4.78 is 4.91. The number of aryl methyl sites for hydroxylation is 2. The molecule has 0 saturated heterocycles. The van der Waals surface area contributed by atoms with Gasteiger partial charge in [-0.15, -0.1) is 0 Å². The molecule has 1 aromatic carbocycles. The zero-order valence-electron chi connectivity index (χ0n) is 9.65. The van der Waals surface area contributed by atoms with Gasteiger partial charge in [0.05, 0.1) is 11.3 Å². The highest BCUT2D eigenvalue weighted by Crippen LogP contribution is 2.18. The summed E-state index contributed by atoms with van der Waals surface area (Å²) in [7, 11) is 0. The number of rotatable bonds is 2. The molecule has 0 bridgehead atoms. The van der Waals surface area contributed by atoms with Crippen LogP contribution in [0.2, 0.25) is 0 Å². The summed E-state index contributed by atoms with van der Waals surface area (Å²) in [5.41, 5.74) is 8.20. The Morgan fingerprint density at radius 2 is 2.18 bits per heavy atom. The van der Waals surface area contributed by atoms with Crippen LogP contribution >= 0.6 is 0 Å². The number of aromatic nitrogens is 1. The van der Waals surface area contributed by atoms with Crippen LogP contribution in [-0.4, -0.2) is 11.1 Å². The number of nitrogen functional groups attached to an aromatic ring is 1. The van der Waals surface area contributed by atoms with E-state index < -0.39 is 0 Å². The molecule has 17 heavy (non-hydrogen) atoms. The van der Waals surface area contributed by atoms with E-state index in [1.165, 1.54) is 0 Å². The van der Waals surface area contributed by atoms with Crippen molar-refractivity contribution in [3.05, 3.63) is 41.1 Å². The Labute approximate surface area is 98.6 Å². The van der Waals surface area contributed by atoms with Crippen molar-refractivity contribution in [2.75, 3.05) is 11.1 Å². The first-order valence-electron chi connectivity index (χ1n) is 5.17. The van der Waals surface area contributed by atoms with Crippen LogP contribution in [-0.2, 0) is 0 Å². The number of hydrogen-bond donors (Lipinski definition) is 2. The van der Waals surface area contributed by atoms with Crippen LogP contribution in [0.15, 0.2) is 28.8 Å². The molecule has 2 aromatic rings. The Bertz CT molecular complexity index is 540. The van der Waals surface area contributed by atoms with E-state index in [-0.39, 0.29) is 5.91 Å². The summed E-state index contributed by atoms with van der Waals surface area (Å²) in [6.07, 6.45) is 0. The van der Waals surface area contributed by atoms with Gasteiger partial charge in [0, 0.05) is 11.8 Å². The summed E-state index contributed by atoms with van der Waals surface area (Å²) in [6.45, 7) is 3.61. The number of nitrogens with zero attached hydrogens (tertiary/aromatic N) is 1. The highest BCUT2D eigenvalue weighted by atomic mass is 16.5. The van der Waals surface area contributed by atoms with Gasteiger partial charge in [0.2, 0.25) is 5.88 Å². The molecule has 5 nitrogen and oxygen atoms in total. The molecule has 0 atom stereocenters. The SMILES string of the molecule is Cc1cc(NC(=O)c2c(C)cccc2N)on1. The van der Waals surface area contributed by atoms with E-state index in [2.05, 4.69) is 10.5 Å². The number of nitrogens with two attached hydrogens (primary N) is 1. The smallest absolute Gasteiger partial charge is 0.260 e. The van der Waals surface area contributed by atoms with Crippen molar-refractivity contribution in [2.24, 2.45) is 0 Å². The van der Waals surface area contributed by atoms with E-state index in [1.807, 2.05) is 13.0 Å². The predicted molar refractivity (Wildman–Crippen MR) is 64.8 cm³/mol. The topological polar surface area (TPSA) is 81.2 Å². The standard InChI is InChI=1S/C12H13N3O2/c1-7-4-3-5-9(13)11(7)12(16)14-10-6-8(2)15-17-10/h3-6H,13H2,1-2H3,(H,14,16). The fourth-order valence-corrected chi connectivity index (χ4v) is 1.60. The van der Waals surface area contributed by atoms with Gasteiger partial charge in [-0.3, -0.25) is 10.1 Å². The Kier molecular flexibility index (Phi) is 2.82. The normalized spacial score (nSPS) is 10.2. The van der Waals surface area contributed by atoms with Gasteiger partial charge in [-0.1, -0.05) is 17.3 Å². The van der Waals surface area contributed by atoms with Crippen molar-refractivity contribution in [3.63, 3.8) is 0 Å². The van der Waals surface area contributed by atoms with Crippen LogP contribution in [0.1, 0.15) is 21.6 Å². The van der Waals surface area contributed by atoms with Crippen molar-refractivity contribution in [3.8, 4) is 0 Å². The van der Waals surface area contributed by atoms with Crippen molar-refractivity contribution >= 4 is 17.5 Å². The lowest BCUT2D eigenvalue weighted by Crippen LogP contribution is -2.15. The lowest BCUT2D eigenvalue weighted by Gasteiger charge is -2.07. The number of hydrogen-bond acceptors (Lipinski definition) is 4. The number of carbonyl (C=O) groups is 1. The molecule has 0 aliphatic heterocycles. The van der Waals surface area contributed by atoms with Crippen LogP contribution in [0.4, 0.5) is 11.6 Å². The minimum Gasteiger partial charge on any atom is -0.398 e. The average Bonchev–Trinajstić information content (AvgIpc) is 2.63.